The van der Waals surface area contributed by atoms with Crippen molar-refractivity contribution in [2.75, 3.05) is 7.11 Å². The summed E-state index contributed by atoms with van der Waals surface area (Å²) in [6, 6.07) is 3.67. The highest BCUT2D eigenvalue weighted by Gasteiger charge is 1.58. The van der Waals surface area contributed by atoms with Gasteiger partial charge >= 0.3 is 0 Å². The topological polar surface area (TPSA) is 39.4 Å². The first kappa shape index (κ1) is 7.75. The summed E-state index contributed by atoms with van der Waals surface area (Å²) in [6.45, 7) is 0.375. The number of hydrogen-bond donors (Lipinski definition) is 0. The van der Waals surface area contributed by atoms with Crippen LogP contribution in [0.1, 0.15) is 0 Å². The van der Waals surface area contributed by atoms with Gasteiger partial charge in [-0.15, -0.1) is 0 Å². The van der Waals surface area contributed by atoms with Crippen molar-refractivity contribution in [3.8, 4) is 0 Å². The maximum Gasteiger partial charge on any atom is 0.292 e. The second kappa shape index (κ2) is 6.75. The number of carbonyl (C=O) groups excluding carboxylic acids is 1. The molecule has 9 heavy (non-hydrogen) atoms. The average Bonchev–Trinajstić information content (AvgIpc) is 2.43. The van der Waals surface area contributed by atoms with Crippen LogP contribution in [-0.4, -0.2) is 13.6 Å². The molecule has 0 amide bonds. The Hall–Kier alpha value is -1.25. The van der Waals surface area contributed by atoms with E-state index in [1.807, 2.05) is 12.1 Å². The van der Waals surface area contributed by atoms with Crippen LogP contribution < -0.4 is 0 Å². The van der Waals surface area contributed by atoms with Crippen molar-refractivity contribution in [2.24, 2.45) is 0 Å². The van der Waals surface area contributed by atoms with Crippen molar-refractivity contribution in [1.82, 2.24) is 0 Å². The number of rotatable bonds is 1. The summed E-state index contributed by atoms with van der Waals surface area (Å²) in [5.41, 5.74) is 0. The van der Waals surface area contributed by atoms with Crippen molar-refractivity contribution < 1.29 is 13.9 Å². The van der Waals surface area contributed by atoms with Crippen molar-refractivity contribution in [3.05, 3.63) is 24.7 Å². The van der Waals surface area contributed by atoms with Crippen molar-refractivity contribution >= 4 is 6.47 Å². The molecule has 0 atom stereocenters. The standard InChI is InChI=1S/C4H4O.C2H4O2/c1-2-4-5-3-1;1-4-2-3/h1-4H;2H,1H3. The quantitative estimate of drug-likeness (QED) is 0.531. The summed E-state index contributed by atoms with van der Waals surface area (Å²) in [4.78, 5) is 8.95. The van der Waals surface area contributed by atoms with Crippen LogP contribution in [0.4, 0.5) is 0 Å². The lowest BCUT2D eigenvalue weighted by Crippen LogP contribution is -1.68. The van der Waals surface area contributed by atoms with Crippen LogP contribution in [0.15, 0.2) is 29.1 Å². The Kier molecular flexibility index (Phi) is 5.81. The van der Waals surface area contributed by atoms with Crippen LogP contribution in [0, 0.1) is 0 Å². The van der Waals surface area contributed by atoms with E-state index in [1.54, 1.807) is 12.5 Å². The zero-order valence-corrected chi connectivity index (χ0v) is 5.11. The predicted octanol–water partition coefficient (Wildman–Crippen LogP) is 1.07. The zero-order chi connectivity index (χ0) is 6.95. The van der Waals surface area contributed by atoms with Crippen LogP contribution in [-0.2, 0) is 9.53 Å². The first-order valence-electron chi connectivity index (χ1n) is 2.35. The van der Waals surface area contributed by atoms with Gasteiger partial charge in [0.1, 0.15) is 0 Å². The fourth-order valence-corrected chi connectivity index (χ4v) is 0.227. The van der Waals surface area contributed by atoms with Gasteiger partial charge in [-0.3, -0.25) is 4.79 Å². The van der Waals surface area contributed by atoms with Crippen LogP contribution in [0.3, 0.4) is 0 Å². The molecule has 3 heteroatoms. The SMILES string of the molecule is COC=O.c1ccoc1. The van der Waals surface area contributed by atoms with Crippen molar-refractivity contribution in [2.45, 2.75) is 0 Å². The lowest BCUT2D eigenvalue weighted by Gasteiger charge is -1.67. The van der Waals surface area contributed by atoms with Gasteiger partial charge in [-0.25, -0.2) is 0 Å². The van der Waals surface area contributed by atoms with Gasteiger partial charge in [0.05, 0.1) is 19.6 Å². The molecule has 0 aliphatic rings. The van der Waals surface area contributed by atoms with Crippen LogP contribution in [0.25, 0.3) is 0 Å². The summed E-state index contributed by atoms with van der Waals surface area (Å²) >= 11 is 0. The highest BCUT2D eigenvalue weighted by molar-refractivity contribution is 5.36. The molecule has 0 N–H and O–H groups in total. The fourth-order valence-electron chi connectivity index (χ4n) is 0.227. The molecule has 1 heterocycles. The molecule has 1 aromatic heterocycles. The third-order valence-corrected chi connectivity index (χ3v) is 0.522. The third kappa shape index (κ3) is 6.75. The normalized spacial score (nSPS) is 6.78. The highest BCUT2D eigenvalue weighted by Crippen LogP contribution is 1.79. The molecule has 0 radical (unpaired) electrons. The maximum absolute atomic E-state index is 8.95. The first-order chi connectivity index (χ1) is 4.41. The lowest BCUT2D eigenvalue weighted by molar-refractivity contribution is -0.126. The van der Waals surface area contributed by atoms with E-state index in [9.17, 15) is 0 Å². The molecule has 0 saturated heterocycles. The fraction of sp³-hybridized carbons (Fsp3) is 0.167. The van der Waals surface area contributed by atoms with E-state index >= 15 is 0 Å². The van der Waals surface area contributed by atoms with Crippen molar-refractivity contribution in [1.29, 1.82) is 0 Å². The molecule has 1 rings (SSSR count). The lowest BCUT2D eigenvalue weighted by atomic mass is 10.7. The smallest absolute Gasteiger partial charge is 0.292 e. The minimum atomic E-state index is 0.375. The molecule has 0 saturated carbocycles. The molecule has 0 unspecified atom stereocenters. The van der Waals surface area contributed by atoms with Crippen LogP contribution in [0.5, 0.6) is 0 Å². The van der Waals surface area contributed by atoms with E-state index in [2.05, 4.69) is 9.15 Å². The molecule has 0 fully saturated rings. The van der Waals surface area contributed by atoms with Gasteiger partial charge in [-0.2, -0.15) is 0 Å². The number of carbonyl (C=O) groups is 1. The summed E-state index contributed by atoms with van der Waals surface area (Å²) in [5.74, 6) is 0. The van der Waals surface area contributed by atoms with Gasteiger partial charge in [-0.05, 0) is 12.1 Å². The molecule has 0 aliphatic heterocycles. The molecule has 0 aromatic carbocycles. The molecule has 50 valence electrons. The number of furan rings is 1. The third-order valence-electron chi connectivity index (χ3n) is 0.522. The zero-order valence-electron chi connectivity index (χ0n) is 5.11. The predicted molar refractivity (Wildman–Crippen MR) is 31.8 cm³/mol. The Morgan fingerprint density at radius 1 is 1.44 bits per heavy atom. The van der Waals surface area contributed by atoms with E-state index < -0.39 is 0 Å². The molecule has 0 spiro atoms. The van der Waals surface area contributed by atoms with E-state index in [0.717, 1.165) is 0 Å². The Bertz CT molecular complexity index is 106. The molecular weight excluding hydrogens is 120 g/mol. The van der Waals surface area contributed by atoms with Gasteiger partial charge in [-0.1, -0.05) is 0 Å². The van der Waals surface area contributed by atoms with Gasteiger partial charge in [0, 0.05) is 0 Å². The van der Waals surface area contributed by atoms with Gasteiger partial charge in [0.25, 0.3) is 6.47 Å². The van der Waals surface area contributed by atoms with Gasteiger partial charge in [0.2, 0.25) is 0 Å². The Morgan fingerprint density at radius 3 is 2.00 bits per heavy atom. The van der Waals surface area contributed by atoms with E-state index in [-0.39, 0.29) is 0 Å². The number of methoxy groups -OCH3 is 1. The summed E-state index contributed by atoms with van der Waals surface area (Å²) < 4.78 is 8.44. The van der Waals surface area contributed by atoms with Crippen LogP contribution in [0.2, 0.25) is 0 Å². The monoisotopic (exact) mass is 128 g/mol. The summed E-state index contributed by atoms with van der Waals surface area (Å²) in [5, 5.41) is 0. The first-order valence-corrected chi connectivity index (χ1v) is 2.35. The van der Waals surface area contributed by atoms with E-state index in [1.165, 1.54) is 7.11 Å². The molecule has 1 aromatic rings. The molecule has 3 nitrogen and oxygen atoms in total. The summed E-state index contributed by atoms with van der Waals surface area (Å²) in [6.07, 6.45) is 3.25. The van der Waals surface area contributed by atoms with Crippen molar-refractivity contribution in [3.63, 3.8) is 0 Å². The molecule has 0 aliphatic carbocycles. The maximum atomic E-state index is 8.95. The summed E-state index contributed by atoms with van der Waals surface area (Å²) in [7, 11) is 1.31. The minimum Gasteiger partial charge on any atom is -0.473 e. The second-order valence-electron chi connectivity index (χ2n) is 1.13. The molecular formula is C6H8O3. The van der Waals surface area contributed by atoms with E-state index in [4.69, 9.17) is 4.79 Å². The highest BCUT2D eigenvalue weighted by atomic mass is 16.5. The Morgan fingerprint density at radius 2 is 1.89 bits per heavy atom. The van der Waals surface area contributed by atoms with Crippen LogP contribution >= 0.6 is 0 Å². The average molecular weight is 128 g/mol. The Labute approximate surface area is 53.2 Å². The van der Waals surface area contributed by atoms with Gasteiger partial charge < -0.3 is 9.15 Å². The second-order valence-corrected chi connectivity index (χ2v) is 1.13. The Balaban J connectivity index is 0.000000148. The van der Waals surface area contributed by atoms with Gasteiger partial charge in [0.15, 0.2) is 0 Å². The van der Waals surface area contributed by atoms with E-state index in [0.29, 0.717) is 6.47 Å². The number of ether oxygens (including phenoxy) is 1. The largest absolute Gasteiger partial charge is 0.473 e. The minimum absolute atomic E-state index is 0.375. The molecule has 0 bridgehead atoms. The number of hydrogen-bond acceptors (Lipinski definition) is 3.